The molecule has 9 heteroatoms. The van der Waals surface area contributed by atoms with Crippen molar-refractivity contribution in [3.05, 3.63) is 0 Å². The minimum atomic E-state index is -1.29. The SMILES string of the molecule is COC[C@@]1(C=O)CC[C@H](OC)C2(O)[C@@H]3[C@@H]4C[C@H]5[C@H](OC(C)=O)[C@@H]4[C@](OC(C)=O)(C[C@@H]5OC)[C@@H]3C[C@@H]21. The van der Waals surface area contributed by atoms with Crippen LogP contribution in [-0.4, -0.2) is 80.8 Å². The number of hydrogen-bond acceptors (Lipinski definition) is 9. The molecule has 0 heterocycles. The van der Waals surface area contributed by atoms with Crippen molar-refractivity contribution in [3.8, 4) is 0 Å². The molecule has 0 aromatic carbocycles. The van der Waals surface area contributed by atoms with Crippen molar-refractivity contribution in [1.29, 1.82) is 0 Å². The molecule has 0 spiro atoms. The Bertz CT molecular complexity index is 892. The fourth-order valence-corrected chi connectivity index (χ4v) is 9.69. The maximum absolute atomic E-state index is 12.6. The first-order chi connectivity index (χ1) is 16.6. The van der Waals surface area contributed by atoms with Gasteiger partial charge in [-0.3, -0.25) is 9.59 Å². The van der Waals surface area contributed by atoms with E-state index in [2.05, 4.69) is 0 Å². The molecule has 0 aliphatic heterocycles. The van der Waals surface area contributed by atoms with E-state index in [9.17, 15) is 19.5 Å². The first-order valence-corrected chi connectivity index (χ1v) is 12.7. The number of aliphatic hydroxyl groups is 1. The molecule has 1 N–H and O–H groups in total. The molecule has 5 aliphatic carbocycles. The number of carbonyl (C=O) groups is 3. The number of aldehydes is 1. The van der Waals surface area contributed by atoms with Gasteiger partial charge >= 0.3 is 11.9 Å². The predicted octanol–water partition coefficient (Wildman–Crippen LogP) is 1.53. The zero-order chi connectivity index (χ0) is 25.3. The number of esters is 2. The average Bonchev–Trinajstić information content (AvgIpc) is 3.36. The summed E-state index contributed by atoms with van der Waals surface area (Å²) in [4.78, 5) is 37.3. The Hall–Kier alpha value is -1.55. The Balaban J connectivity index is 1.67. The minimum absolute atomic E-state index is 0.0504. The molecule has 5 aliphatic rings. The van der Waals surface area contributed by atoms with Crippen molar-refractivity contribution in [1.82, 2.24) is 0 Å². The molecule has 35 heavy (non-hydrogen) atoms. The molecule has 0 aromatic rings. The summed E-state index contributed by atoms with van der Waals surface area (Å²) in [5, 5.41) is 12.6. The van der Waals surface area contributed by atoms with Gasteiger partial charge in [-0.05, 0) is 31.6 Å². The summed E-state index contributed by atoms with van der Waals surface area (Å²) >= 11 is 0. The summed E-state index contributed by atoms with van der Waals surface area (Å²) in [6.07, 6.45) is 2.56. The van der Waals surface area contributed by atoms with Crippen LogP contribution in [0.2, 0.25) is 0 Å². The van der Waals surface area contributed by atoms with Gasteiger partial charge < -0.3 is 33.6 Å². The third-order valence-corrected chi connectivity index (χ3v) is 10.4. The van der Waals surface area contributed by atoms with Crippen LogP contribution in [0.5, 0.6) is 0 Å². The predicted molar refractivity (Wildman–Crippen MR) is 121 cm³/mol. The molecule has 2 bridgehead atoms. The molecule has 5 saturated carbocycles. The highest BCUT2D eigenvalue weighted by molar-refractivity contribution is 5.68. The normalized spacial score (nSPS) is 51.4. The molecular weight excluding hydrogens is 456 g/mol. The molecule has 196 valence electrons. The monoisotopic (exact) mass is 494 g/mol. The van der Waals surface area contributed by atoms with E-state index in [-0.39, 0.29) is 48.3 Å². The molecule has 1 unspecified atom stereocenters. The molecule has 5 rings (SSSR count). The van der Waals surface area contributed by atoms with Crippen molar-refractivity contribution in [2.45, 2.75) is 75.5 Å². The molecule has 9 nitrogen and oxygen atoms in total. The van der Waals surface area contributed by atoms with Gasteiger partial charge in [-0.15, -0.1) is 0 Å². The first-order valence-electron chi connectivity index (χ1n) is 12.7. The maximum Gasteiger partial charge on any atom is 0.303 e. The number of carbonyl (C=O) groups excluding carboxylic acids is 3. The Labute approximate surface area is 206 Å². The topological polar surface area (TPSA) is 118 Å². The Morgan fingerprint density at radius 1 is 1.03 bits per heavy atom. The van der Waals surface area contributed by atoms with Gasteiger partial charge in [0.25, 0.3) is 0 Å². The Morgan fingerprint density at radius 3 is 2.34 bits per heavy atom. The van der Waals surface area contributed by atoms with Gasteiger partial charge in [-0.25, -0.2) is 0 Å². The summed E-state index contributed by atoms with van der Waals surface area (Å²) in [6, 6.07) is 0. The lowest BCUT2D eigenvalue weighted by Crippen LogP contribution is -2.62. The molecule has 0 amide bonds. The molecule has 0 aromatic heterocycles. The van der Waals surface area contributed by atoms with Gasteiger partial charge in [0, 0.05) is 71.2 Å². The molecule has 0 saturated heterocycles. The molecule has 5 fully saturated rings. The smallest absolute Gasteiger partial charge is 0.303 e. The van der Waals surface area contributed by atoms with E-state index >= 15 is 0 Å². The fraction of sp³-hybridized carbons (Fsp3) is 0.885. The molecule has 0 radical (unpaired) electrons. The van der Waals surface area contributed by atoms with Crippen LogP contribution in [0.1, 0.15) is 46.0 Å². The maximum atomic E-state index is 12.6. The molecular formula is C26H38O9. The van der Waals surface area contributed by atoms with E-state index in [1.807, 2.05) is 0 Å². The van der Waals surface area contributed by atoms with Crippen molar-refractivity contribution in [2.24, 2.45) is 40.9 Å². The van der Waals surface area contributed by atoms with Crippen molar-refractivity contribution >= 4 is 18.2 Å². The van der Waals surface area contributed by atoms with Gasteiger partial charge in [-0.2, -0.15) is 0 Å². The first kappa shape index (κ1) is 25.1. The van der Waals surface area contributed by atoms with Crippen LogP contribution in [0, 0.1) is 40.9 Å². The van der Waals surface area contributed by atoms with Gasteiger partial charge in [0.1, 0.15) is 18.0 Å². The minimum Gasteiger partial charge on any atom is -0.462 e. The van der Waals surface area contributed by atoms with E-state index in [0.29, 0.717) is 32.1 Å². The highest BCUT2D eigenvalue weighted by Crippen LogP contribution is 2.75. The lowest BCUT2D eigenvalue weighted by atomic mass is 9.57. The lowest BCUT2D eigenvalue weighted by Gasteiger charge is -2.52. The summed E-state index contributed by atoms with van der Waals surface area (Å²) in [6.45, 7) is 3.01. The van der Waals surface area contributed by atoms with Gasteiger partial charge in [-0.1, -0.05) is 0 Å². The van der Waals surface area contributed by atoms with Crippen LogP contribution in [-0.2, 0) is 38.1 Å². The highest BCUT2D eigenvalue weighted by atomic mass is 16.6. The number of fused-ring (bicyclic) bond motifs is 6. The number of hydrogen-bond donors (Lipinski definition) is 1. The van der Waals surface area contributed by atoms with Gasteiger partial charge in [0.15, 0.2) is 0 Å². The molecule has 12 atom stereocenters. The summed E-state index contributed by atoms with van der Waals surface area (Å²) < 4.78 is 29.4. The van der Waals surface area contributed by atoms with Gasteiger partial charge in [0.05, 0.1) is 29.8 Å². The Kier molecular flexibility index (Phi) is 6.10. The van der Waals surface area contributed by atoms with Crippen LogP contribution in [0.25, 0.3) is 0 Å². The van der Waals surface area contributed by atoms with E-state index in [1.165, 1.54) is 13.8 Å². The van der Waals surface area contributed by atoms with E-state index in [4.69, 9.17) is 23.7 Å². The van der Waals surface area contributed by atoms with Crippen LogP contribution in [0.4, 0.5) is 0 Å². The number of ether oxygens (including phenoxy) is 5. The zero-order valence-electron chi connectivity index (χ0n) is 21.2. The lowest BCUT2D eigenvalue weighted by molar-refractivity contribution is -0.207. The van der Waals surface area contributed by atoms with Crippen LogP contribution >= 0.6 is 0 Å². The highest BCUT2D eigenvalue weighted by Gasteiger charge is 2.81. The quantitative estimate of drug-likeness (QED) is 0.415. The second-order valence-electron chi connectivity index (χ2n) is 11.5. The summed E-state index contributed by atoms with van der Waals surface area (Å²) in [7, 11) is 4.82. The fourth-order valence-electron chi connectivity index (χ4n) is 9.69. The third kappa shape index (κ3) is 3.17. The van der Waals surface area contributed by atoms with Crippen LogP contribution in [0.3, 0.4) is 0 Å². The van der Waals surface area contributed by atoms with E-state index in [1.54, 1.807) is 21.3 Å². The Morgan fingerprint density at radius 2 is 1.77 bits per heavy atom. The van der Waals surface area contributed by atoms with Crippen molar-refractivity contribution < 1.29 is 43.2 Å². The van der Waals surface area contributed by atoms with Crippen molar-refractivity contribution in [2.75, 3.05) is 27.9 Å². The number of methoxy groups -OCH3 is 3. The van der Waals surface area contributed by atoms with Crippen molar-refractivity contribution in [3.63, 3.8) is 0 Å². The largest absolute Gasteiger partial charge is 0.462 e. The van der Waals surface area contributed by atoms with Crippen LogP contribution in [0.15, 0.2) is 0 Å². The standard InChI is InChI=1S/C26H38O9/c1-13(28)34-23-15-8-16-21-17(25(22(16)23,35-14(2)29)10-18(15)32-4)9-19-24(11-27,12-31-3)7-6-20(33-5)26(19,21)30/h11,15-23,30H,6-10,12H2,1-5H3/t15-,16+,17-,18+,19-,20+,21-,22-,23+,24+,25+,26?/m1/s1. The second-order valence-corrected chi connectivity index (χ2v) is 11.5. The van der Waals surface area contributed by atoms with E-state index < -0.39 is 40.7 Å². The van der Waals surface area contributed by atoms with Gasteiger partial charge in [0.2, 0.25) is 0 Å². The summed E-state index contributed by atoms with van der Waals surface area (Å²) in [5.41, 5.74) is -3.10. The second kappa shape index (κ2) is 8.50. The summed E-state index contributed by atoms with van der Waals surface area (Å²) in [5.74, 6) is -2.02. The average molecular weight is 495 g/mol. The zero-order valence-corrected chi connectivity index (χ0v) is 21.2. The third-order valence-electron chi connectivity index (χ3n) is 10.4. The van der Waals surface area contributed by atoms with E-state index in [0.717, 1.165) is 6.29 Å². The number of rotatable bonds is 7. The van der Waals surface area contributed by atoms with Crippen LogP contribution < -0.4 is 0 Å².